The zero-order chi connectivity index (χ0) is 22.5. The number of benzene rings is 2. The summed E-state index contributed by atoms with van der Waals surface area (Å²) in [6.45, 7) is 0.694. The number of hydrogen-bond donors (Lipinski definition) is 0. The van der Waals surface area contributed by atoms with Gasteiger partial charge in [-0.3, -0.25) is 4.98 Å². The molecule has 0 radical (unpaired) electrons. The fourth-order valence-electron chi connectivity index (χ4n) is 4.25. The number of hydrogen-bond acceptors (Lipinski definition) is 6. The smallest absolute Gasteiger partial charge is 0.182 e. The van der Waals surface area contributed by atoms with Crippen molar-refractivity contribution in [3.63, 3.8) is 0 Å². The molecule has 0 unspecified atom stereocenters. The fraction of sp³-hybridized carbons (Fsp3) is 0.125. The van der Waals surface area contributed by atoms with Gasteiger partial charge in [-0.2, -0.15) is 0 Å². The highest BCUT2D eigenvalue weighted by Crippen LogP contribution is 2.39. The molecule has 0 fully saturated rings. The fourth-order valence-corrected chi connectivity index (χ4v) is 4.41. The van der Waals surface area contributed by atoms with Crippen LogP contribution < -0.4 is 4.90 Å². The van der Waals surface area contributed by atoms with Gasteiger partial charge in [0.15, 0.2) is 5.82 Å². The van der Waals surface area contributed by atoms with E-state index in [1.54, 1.807) is 18.7 Å². The lowest BCUT2D eigenvalue weighted by atomic mass is 10.0. The van der Waals surface area contributed by atoms with E-state index in [2.05, 4.69) is 36.1 Å². The monoisotopic (exact) mass is 457 g/mol. The van der Waals surface area contributed by atoms with Crippen molar-refractivity contribution >= 4 is 34.0 Å². The lowest BCUT2D eigenvalue weighted by molar-refractivity contribution is 0.627. The second-order valence-corrected chi connectivity index (χ2v) is 8.33. The molecule has 5 aromatic rings. The molecule has 1 aliphatic heterocycles. The summed E-state index contributed by atoms with van der Waals surface area (Å²) in [6.07, 6.45) is 5.75. The van der Waals surface area contributed by atoms with Gasteiger partial charge in [0, 0.05) is 36.4 Å². The summed E-state index contributed by atoms with van der Waals surface area (Å²) in [7, 11) is 1.88. The third kappa shape index (κ3) is 3.30. The summed E-state index contributed by atoms with van der Waals surface area (Å²) in [5.74, 6) is 1.08. The summed E-state index contributed by atoms with van der Waals surface area (Å²) < 4.78 is 15.8. The van der Waals surface area contributed by atoms with Gasteiger partial charge in [0.1, 0.15) is 30.0 Å². The molecule has 0 amide bonds. The molecule has 0 spiro atoms. The Balaban J connectivity index is 1.42. The summed E-state index contributed by atoms with van der Waals surface area (Å²) in [5, 5.41) is 9.03. The molecule has 7 nitrogen and oxygen atoms in total. The van der Waals surface area contributed by atoms with Crippen molar-refractivity contribution in [1.29, 1.82) is 0 Å². The van der Waals surface area contributed by atoms with Crippen LogP contribution in [-0.2, 0) is 13.5 Å². The van der Waals surface area contributed by atoms with Crippen molar-refractivity contribution in [2.45, 2.75) is 6.42 Å². The van der Waals surface area contributed by atoms with E-state index in [4.69, 9.17) is 11.6 Å². The Labute approximate surface area is 193 Å². The van der Waals surface area contributed by atoms with E-state index in [0.29, 0.717) is 12.4 Å². The molecule has 0 saturated heterocycles. The van der Waals surface area contributed by atoms with Crippen LogP contribution in [0.2, 0.25) is 5.02 Å². The highest BCUT2D eigenvalue weighted by atomic mass is 35.5. The molecular weight excluding hydrogens is 441 g/mol. The maximum atomic E-state index is 13.9. The molecule has 33 heavy (non-hydrogen) atoms. The molecule has 9 heteroatoms. The van der Waals surface area contributed by atoms with Gasteiger partial charge >= 0.3 is 0 Å². The first kappa shape index (κ1) is 19.8. The molecule has 162 valence electrons. The first-order valence-corrected chi connectivity index (χ1v) is 10.8. The van der Waals surface area contributed by atoms with E-state index < -0.39 is 5.82 Å². The second kappa shape index (κ2) is 7.60. The van der Waals surface area contributed by atoms with Crippen LogP contribution in [0.4, 0.5) is 15.9 Å². The topological polar surface area (TPSA) is 72.6 Å². The van der Waals surface area contributed by atoms with Crippen LogP contribution in [0.3, 0.4) is 0 Å². The highest BCUT2D eigenvalue weighted by molar-refractivity contribution is 6.31. The van der Waals surface area contributed by atoms with Gasteiger partial charge < -0.3 is 9.47 Å². The van der Waals surface area contributed by atoms with Crippen LogP contribution in [0.5, 0.6) is 0 Å². The van der Waals surface area contributed by atoms with Gasteiger partial charge in [-0.05, 0) is 47.9 Å². The molecule has 0 saturated carbocycles. The van der Waals surface area contributed by atoms with E-state index in [1.807, 2.05) is 42.1 Å². The van der Waals surface area contributed by atoms with Gasteiger partial charge in [0.25, 0.3) is 0 Å². The van der Waals surface area contributed by atoms with Crippen LogP contribution in [-0.4, -0.2) is 36.3 Å². The number of rotatable bonds is 3. The first-order valence-electron chi connectivity index (χ1n) is 10.4. The maximum absolute atomic E-state index is 13.9. The molecule has 2 aromatic carbocycles. The molecule has 6 rings (SSSR count). The molecule has 0 aliphatic carbocycles. The van der Waals surface area contributed by atoms with Crippen molar-refractivity contribution in [1.82, 2.24) is 29.7 Å². The molecule has 0 N–H and O–H groups in total. The Kier molecular flexibility index (Phi) is 4.55. The van der Waals surface area contributed by atoms with Gasteiger partial charge in [-0.15, -0.1) is 10.2 Å². The van der Waals surface area contributed by atoms with Gasteiger partial charge in [-0.1, -0.05) is 23.7 Å². The Bertz CT molecular complexity index is 1510. The molecule has 1 aliphatic rings. The third-order valence-corrected chi connectivity index (χ3v) is 6.21. The third-order valence-electron chi connectivity index (χ3n) is 5.92. The van der Waals surface area contributed by atoms with Crippen LogP contribution in [0.25, 0.3) is 33.5 Å². The molecule has 0 atom stereocenters. The van der Waals surface area contributed by atoms with Crippen LogP contribution in [0, 0.1) is 5.82 Å². The van der Waals surface area contributed by atoms with Crippen molar-refractivity contribution in [3.05, 3.63) is 77.7 Å². The largest absolute Gasteiger partial charge is 0.325 e. The van der Waals surface area contributed by atoms with Crippen LogP contribution >= 0.6 is 11.6 Å². The van der Waals surface area contributed by atoms with Crippen LogP contribution in [0.15, 0.2) is 61.3 Å². The van der Waals surface area contributed by atoms with E-state index in [9.17, 15) is 4.39 Å². The minimum absolute atomic E-state index is 0.105. The highest BCUT2D eigenvalue weighted by Gasteiger charge is 2.25. The number of aromatic nitrogens is 6. The number of aryl methyl sites for hydroxylation is 1. The average Bonchev–Trinajstić information content (AvgIpc) is 3.44. The Morgan fingerprint density at radius 1 is 1.00 bits per heavy atom. The molecule has 0 bridgehead atoms. The van der Waals surface area contributed by atoms with Gasteiger partial charge in [0.2, 0.25) is 0 Å². The lowest BCUT2D eigenvalue weighted by Crippen LogP contribution is -2.15. The average molecular weight is 458 g/mol. The minimum Gasteiger partial charge on any atom is -0.325 e. The normalized spacial score (nSPS) is 13.0. The van der Waals surface area contributed by atoms with E-state index >= 15 is 0 Å². The Morgan fingerprint density at radius 3 is 2.67 bits per heavy atom. The number of fused-ring (bicyclic) bond motifs is 2. The predicted octanol–water partition coefficient (Wildman–Crippen LogP) is 4.97. The predicted molar refractivity (Wildman–Crippen MR) is 125 cm³/mol. The minimum atomic E-state index is -0.399. The van der Waals surface area contributed by atoms with Crippen molar-refractivity contribution in [3.8, 4) is 22.6 Å². The summed E-state index contributed by atoms with van der Waals surface area (Å²) in [5.41, 5.74) is 5.33. The number of pyridine rings is 1. The standard InChI is InChI=1S/C24H17ClFN7/c1-32-13-30-31-24(32)21-5-3-16(11-27-21)14-2-4-20-17(8-14)23(29-12-28-20)33-7-6-15-9-19(26)18(25)10-22(15)33/h2-5,8-13H,6-7H2,1H3. The van der Waals surface area contributed by atoms with E-state index in [0.717, 1.165) is 51.2 Å². The maximum Gasteiger partial charge on any atom is 0.182 e. The lowest BCUT2D eigenvalue weighted by Gasteiger charge is -2.20. The summed E-state index contributed by atoms with van der Waals surface area (Å²) >= 11 is 6.08. The van der Waals surface area contributed by atoms with E-state index in [-0.39, 0.29) is 5.02 Å². The Hall–Kier alpha value is -3.91. The zero-order valence-electron chi connectivity index (χ0n) is 17.6. The number of nitrogens with zero attached hydrogens (tertiary/aromatic N) is 7. The summed E-state index contributed by atoms with van der Waals surface area (Å²) in [6, 6.07) is 13.2. The zero-order valence-corrected chi connectivity index (χ0v) is 18.3. The van der Waals surface area contributed by atoms with Crippen molar-refractivity contribution in [2.24, 2.45) is 7.05 Å². The number of anilines is 2. The van der Waals surface area contributed by atoms with E-state index in [1.165, 1.54) is 6.07 Å². The molecular formula is C24H17ClFN7. The van der Waals surface area contributed by atoms with Crippen LogP contribution in [0.1, 0.15) is 5.56 Å². The van der Waals surface area contributed by atoms with Crippen molar-refractivity contribution < 1.29 is 4.39 Å². The molecule has 3 aromatic heterocycles. The molecule has 4 heterocycles. The quantitative estimate of drug-likeness (QED) is 0.380. The van der Waals surface area contributed by atoms with Gasteiger partial charge in [0.05, 0.1) is 10.5 Å². The number of halogens is 2. The Morgan fingerprint density at radius 2 is 1.88 bits per heavy atom. The second-order valence-electron chi connectivity index (χ2n) is 7.92. The summed E-state index contributed by atoms with van der Waals surface area (Å²) in [4.78, 5) is 15.7. The van der Waals surface area contributed by atoms with Gasteiger partial charge in [-0.25, -0.2) is 14.4 Å². The first-order chi connectivity index (χ1) is 16.1. The van der Waals surface area contributed by atoms with Crippen molar-refractivity contribution in [2.75, 3.05) is 11.4 Å². The SMILES string of the molecule is Cn1cnnc1-c1ccc(-c2ccc3ncnc(N4CCc5cc(F)c(Cl)cc54)c3c2)cn1.